The quantitative estimate of drug-likeness (QED) is 0.715. The van der Waals surface area contributed by atoms with Crippen LogP contribution in [0.2, 0.25) is 0 Å². The number of hydrogen-bond acceptors (Lipinski definition) is 5. The van der Waals surface area contributed by atoms with E-state index in [0.29, 0.717) is 24.5 Å². The SMILES string of the molecule is CC(C)(C)OC(=O)CC1=N[C@](C)(c2ccccc2F)C[S@]2(=O)=NCCCCN12. The van der Waals surface area contributed by atoms with Crippen LogP contribution in [-0.4, -0.2) is 44.8 Å². The molecule has 3 rings (SSSR count). The fourth-order valence-corrected chi connectivity index (χ4v) is 6.22. The maximum Gasteiger partial charge on any atom is 0.313 e. The third-order valence-electron chi connectivity index (χ3n) is 4.72. The number of benzene rings is 1. The number of ether oxygens (including phenoxy) is 1. The Bertz CT molecular complexity index is 916. The lowest BCUT2D eigenvalue weighted by Gasteiger charge is -2.39. The molecule has 1 aromatic rings. The van der Waals surface area contributed by atoms with E-state index in [1.807, 2.05) is 0 Å². The molecule has 6 nitrogen and oxygen atoms in total. The minimum absolute atomic E-state index is 0.0960. The normalized spacial score (nSPS) is 27.9. The van der Waals surface area contributed by atoms with Gasteiger partial charge in [-0.25, -0.2) is 13.0 Å². The van der Waals surface area contributed by atoms with Crippen LogP contribution in [0.15, 0.2) is 33.6 Å². The van der Waals surface area contributed by atoms with Gasteiger partial charge in [0.1, 0.15) is 39.1 Å². The third-order valence-corrected chi connectivity index (χ3v) is 7.32. The maximum atomic E-state index is 14.6. The van der Waals surface area contributed by atoms with Crippen molar-refractivity contribution >= 4 is 21.7 Å². The van der Waals surface area contributed by atoms with E-state index in [9.17, 15) is 13.4 Å². The molecular formula is C20H28FN3O3S. The fourth-order valence-electron chi connectivity index (χ4n) is 3.61. The first-order chi connectivity index (χ1) is 13.0. The number of nitrogens with zero attached hydrogens (tertiary/aromatic N) is 3. The monoisotopic (exact) mass is 409 g/mol. The van der Waals surface area contributed by atoms with Crippen molar-refractivity contribution in [2.45, 2.75) is 58.1 Å². The summed E-state index contributed by atoms with van der Waals surface area (Å²) in [5, 5.41) is 0. The van der Waals surface area contributed by atoms with Crippen LogP contribution in [0, 0.1) is 5.82 Å². The summed E-state index contributed by atoms with van der Waals surface area (Å²) in [6, 6.07) is 6.36. The summed E-state index contributed by atoms with van der Waals surface area (Å²) in [7, 11) is -2.83. The van der Waals surface area contributed by atoms with Crippen LogP contribution in [0.1, 0.15) is 52.5 Å². The van der Waals surface area contributed by atoms with Crippen molar-refractivity contribution in [2.75, 3.05) is 18.8 Å². The molecule has 0 saturated heterocycles. The molecular weight excluding hydrogens is 381 g/mol. The van der Waals surface area contributed by atoms with Gasteiger partial charge in [-0.05, 0) is 46.6 Å². The summed E-state index contributed by atoms with van der Waals surface area (Å²) in [5.74, 6) is -0.397. The number of rotatable bonds is 3. The summed E-state index contributed by atoms with van der Waals surface area (Å²) < 4.78 is 39.9. The van der Waals surface area contributed by atoms with E-state index in [1.54, 1.807) is 50.2 Å². The summed E-state index contributed by atoms with van der Waals surface area (Å²) >= 11 is 0. The molecule has 2 atom stereocenters. The summed E-state index contributed by atoms with van der Waals surface area (Å²) in [5.41, 5.74) is -1.34. The first-order valence-corrected chi connectivity index (χ1v) is 11.2. The topological polar surface area (TPSA) is 71.3 Å². The first kappa shape index (κ1) is 20.8. The van der Waals surface area contributed by atoms with E-state index in [4.69, 9.17) is 9.73 Å². The Balaban J connectivity index is 2.07. The molecule has 28 heavy (non-hydrogen) atoms. The zero-order valence-electron chi connectivity index (χ0n) is 16.9. The van der Waals surface area contributed by atoms with Crippen molar-refractivity contribution in [1.82, 2.24) is 4.31 Å². The highest BCUT2D eigenvalue weighted by Crippen LogP contribution is 2.36. The first-order valence-electron chi connectivity index (χ1n) is 9.56. The molecule has 0 aliphatic carbocycles. The van der Waals surface area contributed by atoms with Crippen LogP contribution >= 0.6 is 0 Å². The van der Waals surface area contributed by atoms with Gasteiger partial charge in [-0.2, -0.15) is 0 Å². The van der Waals surface area contributed by atoms with Crippen LogP contribution < -0.4 is 0 Å². The summed E-state index contributed by atoms with van der Waals surface area (Å²) in [6.07, 6.45) is 1.52. The molecule has 0 N–H and O–H groups in total. The molecule has 0 fully saturated rings. The second-order valence-electron chi connectivity index (χ2n) is 8.46. The largest absolute Gasteiger partial charge is 0.460 e. The maximum absolute atomic E-state index is 14.6. The average Bonchev–Trinajstić information content (AvgIpc) is 2.74. The van der Waals surface area contributed by atoms with Gasteiger partial charge in [0.2, 0.25) is 0 Å². The van der Waals surface area contributed by atoms with E-state index >= 15 is 0 Å². The highest BCUT2D eigenvalue weighted by Gasteiger charge is 2.43. The molecule has 2 aliphatic rings. The minimum Gasteiger partial charge on any atom is -0.460 e. The van der Waals surface area contributed by atoms with Crippen LogP contribution in [0.4, 0.5) is 4.39 Å². The van der Waals surface area contributed by atoms with Gasteiger partial charge in [0.25, 0.3) is 0 Å². The lowest BCUT2D eigenvalue weighted by molar-refractivity contribution is -0.153. The predicted octanol–water partition coefficient (Wildman–Crippen LogP) is 3.66. The number of hydrogen-bond donors (Lipinski definition) is 0. The highest BCUT2D eigenvalue weighted by molar-refractivity contribution is 7.92. The summed E-state index contributed by atoms with van der Waals surface area (Å²) in [4.78, 5) is 17.2. The standard InChI is InChI=1S/C20H28FN3O3S/c1-19(2,3)27-18(25)13-17-23-20(4,15-9-5-6-10-16(15)21)14-28(26)22-11-7-8-12-24(17)28/h5-6,9-10H,7-8,11-14H2,1-4H3/t20-,28-/m0/s1. The Kier molecular flexibility index (Phi) is 5.53. The third kappa shape index (κ3) is 4.37. The highest BCUT2D eigenvalue weighted by atomic mass is 32.2. The van der Waals surface area contributed by atoms with Crippen LogP contribution in [0.5, 0.6) is 0 Å². The molecule has 0 aromatic heterocycles. The van der Waals surface area contributed by atoms with E-state index in [2.05, 4.69) is 4.36 Å². The molecule has 0 bridgehead atoms. The van der Waals surface area contributed by atoms with E-state index in [0.717, 1.165) is 12.8 Å². The van der Waals surface area contributed by atoms with Gasteiger partial charge in [-0.3, -0.25) is 14.1 Å². The Morgan fingerprint density at radius 1 is 1.32 bits per heavy atom. The molecule has 154 valence electrons. The van der Waals surface area contributed by atoms with Crippen molar-refractivity contribution in [3.63, 3.8) is 0 Å². The van der Waals surface area contributed by atoms with Crippen LogP contribution in [0.25, 0.3) is 0 Å². The molecule has 8 heteroatoms. The second kappa shape index (κ2) is 7.46. The van der Waals surface area contributed by atoms with E-state index in [-0.39, 0.29) is 12.2 Å². The van der Waals surface area contributed by atoms with Gasteiger partial charge in [0.05, 0.1) is 12.3 Å². The Morgan fingerprint density at radius 3 is 2.71 bits per heavy atom. The van der Waals surface area contributed by atoms with Gasteiger partial charge in [-0.1, -0.05) is 18.2 Å². The molecule has 0 saturated carbocycles. The Morgan fingerprint density at radius 2 is 2.04 bits per heavy atom. The van der Waals surface area contributed by atoms with Crippen LogP contribution in [-0.2, 0) is 25.0 Å². The molecule has 2 aliphatic heterocycles. The van der Waals surface area contributed by atoms with E-state index in [1.165, 1.54) is 6.07 Å². The fraction of sp³-hybridized carbons (Fsp3) is 0.600. The zero-order chi connectivity index (χ0) is 20.6. The van der Waals surface area contributed by atoms with Gasteiger partial charge in [0.15, 0.2) is 0 Å². The molecule has 1 aromatic carbocycles. The number of aliphatic imine (C=N–C) groups is 1. The van der Waals surface area contributed by atoms with Gasteiger partial charge < -0.3 is 4.74 Å². The number of carbonyl (C=O) groups excluding carboxylic acids is 1. The molecule has 2 heterocycles. The van der Waals surface area contributed by atoms with Crippen molar-refractivity contribution < 1.29 is 18.1 Å². The lowest BCUT2D eigenvalue weighted by Crippen LogP contribution is -2.50. The molecule has 0 amide bonds. The molecule has 0 radical (unpaired) electrons. The number of carbonyl (C=O) groups is 1. The van der Waals surface area contributed by atoms with Gasteiger partial charge in [0, 0.05) is 12.1 Å². The zero-order valence-corrected chi connectivity index (χ0v) is 17.7. The van der Waals surface area contributed by atoms with Crippen molar-refractivity contribution in [3.8, 4) is 0 Å². The molecule has 0 unspecified atom stereocenters. The summed E-state index contributed by atoms with van der Waals surface area (Å²) in [6.45, 7) is 8.13. The number of amidine groups is 1. The van der Waals surface area contributed by atoms with Gasteiger partial charge >= 0.3 is 5.97 Å². The lowest BCUT2D eigenvalue weighted by atomic mass is 9.94. The second-order valence-corrected chi connectivity index (χ2v) is 10.7. The van der Waals surface area contributed by atoms with Crippen molar-refractivity contribution in [1.29, 1.82) is 0 Å². The average molecular weight is 410 g/mol. The minimum atomic E-state index is -2.83. The Hall–Kier alpha value is -1.96. The number of halogens is 1. The van der Waals surface area contributed by atoms with Gasteiger partial charge in [-0.15, -0.1) is 0 Å². The smallest absolute Gasteiger partial charge is 0.313 e. The van der Waals surface area contributed by atoms with Crippen molar-refractivity contribution in [2.24, 2.45) is 9.36 Å². The van der Waals surface area contributed by atoms with Crippen molar-refractivity contribution in [3.05, 3.63) is 35.6 Å². The number of esters is 1. The number of fused-ring (bicyclic) bond motifs is 1. The molecule has 0 spiro atoms. The predicted molar refractivity (Wildman–Crippen MR) is 108 cm³/mol. The van der Waals surface area contributed by atoms with E-state index < -0.39 is 32.8 Å². The van der Waals surface area contributed by atoms with Crippen LogP contribution in [0.3, 0.4) is 0 Å². The Labute approximate surface area is 166 Å².